The minimum absolute atomic E-state index is 0.141. The molecule has 2 N–H and O–H groups in total. The Balaban J connectivity index is 1.58. The summed E-state index contributed by atoms with van der Waals surface area (Å²) < 4.78 is 0. The molecule has 6 atom stereocenters. The number of nitrogens with one attached hydrogen (secondary N) is 1. The van der Waals surface area contributed by atoms with Crippen molar-refractivity contribution in [2.45, 2.75) is 90.6 Å². The predicted octanol–water partition coefficient (Wildman–Crippen LogP) is 4.17. The Kier molecular flexibility index (Phi) is 5.01. The van der Waals surface area contributed by atoms with E-state index in [1.165, 1.54) is 5.57 Å². The summed E-state index contributed by atoms with van der Waals surface area (Å²) in [7, 11) is 0. The number of allylic oxidation sites excluding steroid dienone is 1. The molecule has 4 aliphatic carbocycles. The van der Waals surface area contributed by atoms with Gasteiger partial charge in [0.1, 0.15) is 5.60 Å². The molecule has 0 aromatic carbocycles. The van der Waals surface area contributed by atoms with Crippen LogP contribution in [-0.4, -0.2) is 28.9 Å². The second kappa shape index (κ2) is 6.97. The number of fused-ring (bicyclic) bond motifs is 5. The van der Waals surface area contributed by atoms with E-state index in [4.69, 9.17) is 0 Å². The third-order valence-corrected chi connectivity index (χ3v) is 9.31. The third-order valence-electron chi connectivity index (χ3n) is 9.31. The topological polar surface area (TPSA) is 66.4 Å². The molecule has 4 rings (SSSR count). The van der Waals surface area contributed by atoms with Gasteiger partial charge >= 0.3 is 0 Å². The van der Waals surface area contributed by atoms with Crippen molar-refractivity contribution in [2.75, 3.05) is 6.54 Å². The van der Waals surface area contributed by atoms with Gasteiger partial charge in [0.05, 0.1) is 0 Å². The highest BCUT2D eigenvalue weighted by atomic mass is 16.3. The number of amides is 1. The summed E-state index contributed by atoms with van der Waals surface area (Å²) in [6, 6.07) is 0. The smallest absolute Gasteiger partial charge is 0.252 e. The van der Waals surface area contributed by atoms with E-state index in [0.717, 1.165) is 51.4 Å². The molecule has 0 heterocycles. The van der Waals surface area contributed by atoms with Crippen molar-refractivity contribution in [1.82, 2.24) is 5.32 Å². The van der Waals surface area contributed by atoms with Gasteiger partial charge in [-0.2, -0.15) is 0 Å². The summed E-state index contributed by atoms with van der Waals surface area (Å²) in [5.41, 5.74) is -0.0378. The summed E-state index contributed by atoms with van der Waals surface area (Å²) in [5.74, 6) is 1.71. The van der Waals surface area contributed by atoms with Gasteiger partial charge in [-0.3, -0.25) is 9.59 Å². The van der Waals surface area contributed by atoms with Crippen LogP contribution < -0.4 is 5.32 Å². The van der Waals surface area contributed by atoms with Crippen molar-refractivity contribution >= 4 is 11.7 Å². The standard InChI is InChI=1S/C24H37NO3/c1-4-5-14-25-21(27)24(28)13-10-20-18-7-6-16-15-17(26)8-11-22(16,2)19(18)9-12-23(20,24)3/h15,18-20,28H,4-14H2,1-3H3,(H,25,27)/t18?,19?,20?,22?,23?,24-/m0/s1. The maximum absolute atomic E-state index is 13.0. The van der Waals surface area contributed by atoms with Gasteiger partial charge < -0.3 is 10.4 Å². The lowest BCUT2D eigenvalue weighted by Crippen LogP contribution is -2.60. The maximum atomic E-state index is 13.0. The zero-order valence-electron chi connectivity index (χ0n) is 17.9. The third kappa shape index (κ3) is 2.74. The van der Waals surface area contributed by atoms with Crippen LogP contribution in [0.15, 0.2) is 11.6 Å². The van der Waals surface area contributed by atoms with E-state index in [1.807, 2.05) is 6.08 Å². The first-order valence-corrected chi connectivity index (χ1v) is 11.5. The van der Waals surface area contributed by atoms with Crippen LogP contribution in [0, 0.1) is 28.6 Å². The molecule has 3 saturated carbocycles. The Hall–Kier alpha value is -1.16. The zero-order valence-corrected chi connectivity index (χ0v) is 17.9. The minimum atomic E-state index is -1.23. The van der Waals surface area contributed by atoms with E-state index in [2.05, 4.69) is 26.1 Å². The molecule has 0 saturated heterocycles. The van der Waals surface area contributed by atoms with Crippen LogP contribution in [0.2, 0.25) is 0 Å². The summed E-state index contributed by atoms with van der Waals surface area (Å²) in [6.07, 6.45) is 11.2. The lowest BCUT2D eigenvalue weighted by atomic mass is 9.46. The summed E-state index contributed by atoms with van der Waals surface area (Å²) in [6.45, 7) is 7.33. The van der Waals surface area contributed by atoms with Crippen LogP contribution in [0.5, 0.6) is 0 Å². The summed E-state index contributed by atoms with van der Waals surface area (Å²) in [4.78, 5) is 24.9. The molecule has 0 aliphatic heterocycles. The van der Waals surface area contributed by atoms with E-state index >= 15 is 0 Å². The van der Waals surface area contributed by atoms with Crippen molar-refractivity contribution in [1.29, 1.82) is 0 Å². The molecule has 4 aliphatic rings. The van der Waals surface area contributed by atoms with Gasteiger partial charge in [-0.25, -0.2) is 0 Å². The van der Waals surface area contributed by atoms with Gasteiger partial charge in [0, 0.05) is 18.4 Å². The van der Waals surface area contributed by atoms with E-state index in [9.17, 15) is 14.7 Å². The molecule has 28 heavy (non-hydrogen) atoms. The highest BCUT2D eigenvalue weighted by molar-refractivity contribution is 5.91. The molecular weight excluding hydrogens is 350 g/mol. The molecule has 0 aromatic rings. The Labute approximate surface area is 169 Å². The van der Waals surface area contributed by atoms with Crippen LogP contribution >= 0.6 is 0 Å². The molecule has 4 heteroatoms. The molecule has 0 bridgehead atoms. The number of hydrogen-bond donors (Lipinski definition) is 2. The molecule has 4 nitrogen and oxygen atoms in total. The van der Waals surface area contributed by atoms with Crippen LogP contribution in [0.3, 0.4) is 0 Å². The fourth-order valence-corrected chi connectivity index (χ4v) is 7.47. The fourth-order valence-electron chi connectivity index (χ4n) is 7.47. The molecule has 3 fully saturated rings. The minimum Gasteiger partial charge on any atom is -0.379 e. The quantitative estimate of drug-likeness (QED) is 0.712. The van der Waals surface area contributed by atoms with Gasteiger partial charge in [-0.05, 0) is 80.6 Å². The predicted molar refractivity (Wildman–Crippen MR) is 110 cm³/mol. The van der Waals surface area contributed by atoms with Gasteiger partial charge in [0.15, 0.2) is 5.78 Å². The number of rotatable bonds is 4. The van der Waals surface area contributed by atoms with Gasteiger partial charge in [0.25, 0.3) is 5.91 Å². The number of carbonyl (C=O) groups excluding carboxylic acids is 2. The van der Waals surface area contributed by atoms with Crippen LogP contribution in [0.1, 0.15) is 85.0 Å². The normalized spacial score (nSPS) is 44.9. The van der Waals surface area contributed by atoms with Crippen molar-refractivity contribution in [2.24, 2.45) is 28.6 Å². The lowest BCUT2D eigenvalue weighted by molar-refractivity contribution is -0.164. The van der Waals surface area contributed by atoms with E-state index in [1.54, 1.807) is 0 Å². The highest BCUT2D eigenvalue weighted by Gasteiger charge is 2.66. The highest BCUT2D eigenvalue weighted by Crippen LogP contribution is 2.67. The zero-order chi connectivity index (χ0) is 20.2. The molecule has 156 valence electrons. The monoisotopic (exact) mass is 387 g/mol. The van der Waals surface area contributed by atoms with Gasteiger partial charge in [0.2, 0.25) is 0 Å². The number of ketones is 1. The first kappa shape index (κ1) is 20.1. The Morgan fingerprint density at radius 3 is 2.64 bits per heavy atom. The SMILES string of the molecule is CCCCNC(=O)[C@@]1(O)CCC2C3CCC4=CC(=O)CCC4(C)C3CCC21C. The second-order valence-electron chi connectivity index (χ2n) is 10.4. The average molecular weight is 388 g/mol. The fraction of sp³-hybridized carbons (Fsp3) is 0.833. The molecule has 0 radical (unpaired) electrons. The van der Waals surface area contributed by atoms with Gasteiger partial charge in [-0.15, -0.1) is 0 Å². The first-order valence-electron chi connectivity index (χ1n) is 11.5. The Morgan fingerprint density at radius 2 is 1.89 bits per heavy atom. The van der Waals surface area contributed by atoms with Crippen molar-refractivity contribution in [3.05, 3.63) is 11.6 Å². The Morgan fingerprint density at radius 1 is 1.14 bits per heavy atom. The summed E-state index contributed by atoms with van der Waals surface area (Å²) in [5, 5.41) is 14.6. The van der Waals surface area contributed by atoms with Crippen LogP contribution in [0.25, 0.3) is 0 Å². The van der Waals surface area contributed by atoms with Crippen LogP contribution in [0.4, 0.5) is 0 Å². The second-order valence-corrected chi connectivity index (χ2v) is 10.4. The van der Waals surface area contributed by atoms with Crippen molar-refractivity contribution < 1.29 is 14.7 Å². The number of aliphatic hydroxyl groups is 1. The van der Waals surface area contributed by atoms with E-state index in [0.29, 0.717) is 42.9 Å². The molecular formula is C24H37NO3. The van der Waals surface area contributed by atoms with Crippen molar-refractivity contribution in [3.63, 3.8) is 0 Å². The summed E-state index contributed by atoms with van der Waals surface area (Å²) >= 11 is 0. The molecule has 1 amide bonds. The first-order chi connectivity index (χ1) is 13.3. The molecule has 0 aromatic heterocycles. The van der Waals surface area contributed by atoms with Crippen molar-refractivity contribution in [3.8, 4) is 0 Å². The van der Waals surface area contributed by atoms with E-state index < -0.39 is 5.60 Å². The Bertz CT molecular complexity index is 700. The van der Waals surface area contributed by atoms with Gasteiger partial charge in [-0.1, -0.05) is 32.8 Å². The number of carbonyl (C=O) groups is 2. The van der Waals surface area contributed by atoms with Crippen LogP contribution in [-0.2, 0) is 9.59 Å². The lowest BCUT2D eigenvalue weighted by Gasteiger charge is -2.58. The largest absolute Gasteiger partial charge is 0.379 e. The average Bonchev–Trinajstić information content (AvgIpc) is 2.95. The van der Waals surface area contributed by atoms with E-state index in [-0.39, 0.29) is 16.7 Å². The number of hydrogen-bond acceptors (Lipinski definition) is 3. The molecule has 5 unspecified atom stereocenters. The molecule has 0 spiro atoms. The number of unbranched alkanes of at least 4 members (excludes halogenated alkanes) is 1. The maximum Gasteiger partial charge on any atom is 0.252 e.